The first-order valence-corrected chi connectivity index (χ1v) is 7.07. The summed E-state index contributed by atoms with van der Waals surface area (Å²) in [6, 6.07) is 5.63. The molecule has 21 heavy (non-hydrogen) atoms. The summed E-state index contributed by atoms with van der Waals surface area (Å²) in [6.45, 7) is 2.55. The van der Waals surface area contributed by atoms with Crippen molar-refractivity contribution in [2.45, 2.75) is 25.8 Å². The molecule has 0 fully saturated rings. The minimum Gasteiger partial charge on any atom is -0.496 e. The number of oxime groups is 1. The molecule has 1 aromatic carbocycles. The van der Waals surface area contributed by atoms with Gasteiger partial charge in [0, 0.05) is 20.3 Å². The topological polar surface area (TPSA) is 89.1 Å². The summed E-state index contributed by atoms with van der Waals surface area (Å²) in [5, 5.41) is 15.1. The molecule has 0 bridgehead atoms. The van der Waals surface area contributed by atoms with Crippen LogP contribution in [0.3, 0.4) is 0 Å². The number of amidine groups is 1. The summed E-state index contributed by atoms with van der Waals surface area (Å²) in [5.41, 5.74) is 7.28. The van der Waals surface area contributed by atoms with Gasteiger partial charge in [-0.15, -0.1) is 0 Å². The van der Waals surface area contributed by atoms with Gasteiger partial charge in [0.25, 0.3) is 0 Å². The number of unbranched alkanes of at least 4 members (excludes halogenated alkanes) is 2. The second kappa shape index (κ2) is 10.0. The van der Waals surface area contributed by atoms with Crippen LogP contribution in [0.1, 0.15) is 30.4 Å². The van der Waals surface area contributed by atoms with Gasteiger partial charge in [0.1, 0.15) is 5.75 Å². The number of nitrogens with zero attached hydrogens (tertiary/aromatic N) is 1. The Morgan fingerprint density at radius 1 is 1.29 bits per heavy atom. The molecule has 1 rings (SSSR count). The van der Waals surface area contributed by atoms with Crippen molar-refractivity contribution in [3.05, 3.63) is 29.3 Å². The zero-order chi connectivity index (χ0) is 15.5. The van der Waals surface area contributed by atoms with Gasteiger partial charge in [0.15, 0.2) is 5.84 Å². The van der Waals surface area contributed by atoms with Crippen molar-refractivity contribution < 1.29 is 14.7 Å². The molecular weight excluding hydrogens is 270 g/mol. The number of hydrogen-bond acceptors (Lipinski definition) is 5. The highest BCUT2D eigenvalue weighted by Crippen LogP contribution is 2.20. The molecule has 0 saturated carbocycles. The van der Waals surface area contributed by atoms with Crippen LogP contribution in [0.25, 0.3) is 0 Å². The summed E-state index contributed by atoms with van der Waals surface area (Å²) in [7, 11) is 3.29. The van der Waals surface area contributed by atoms with Crippen LogP contribution in [0, 0.1) is 0 Å². The molecule has 0 heterocycles. The van der Waals surface area contributed by atoms with Crippen LogP contribution < -0.4 is 15.8 Å². The maximum absolute atomic E-state index is 8.73. The van der Waals surface area contributed by atoms with Crippen LogP contribution in [-0.4, -0.2) is 38.4 Å². The predicted molar refractivity (Wildman–Crippen MR) is 82.9 cm³/mol. The van der Waals surface area contributed by atoms with E-state index in [-0.39, 0.29) is 5.84 Å². The minimum atomic E-state index is 0.0458. The molecule has 0 radical (unpaired) electrons. The fourth-order valence-electron chi connectivity index (χ4n) is 2.02. The lowest BCUT2D eigenvalue weighted by Crippen LogP contribution is -2.17. The summed E-state index contributed by atoms with van der Waals surface area (Å²) in [6.07, 6.45) is 3.38. The number of benzene rings is 1. The number of methoxy groups -OCH3 is 2. The first-order valence-electron chi connectivity index (χ1n) is 7.07. The highest BCUT2D eigenvalue weighted by molar-refractivity contribution is 5.99. The van der Waals surface area contributed by atoms with Gasteiger partial charge in [0.05, 0.1) is 12.7 Å². The number of nitrogens with one attached hydrogen (secondary N) is 1. The number of hydrogen-bond donors (Lipinski definition) is 3. The molecule has 0 aliphatic carbocycles. The Bertz CT molecular complexity index is 450. The van der Waals surface area contributed by atoms with E-state index in [0.717, 1.165) is 44.5 Å². The molecular formula is C15H25N3O3. The molecule has 0 spiro atoms. The fraction of sp³-hybridized carbons (Fsp3) is 0.533. The van der Waals surface area contributed by atoms with Crippen LogP contribution in [0.2, 0.25) is 0 Å². The van der Waals surface area contributed by atoms with Crippen LogP contribution >= 0.6 is 0 Å². The van der Waals surface area contributed by atoms with Crippen molar-refractivity contribution in [1.29, 1.82) is 0 Å². The molecule has 0 aliphatic rings. The van der Waals surface area contributed by atoms with E-state index in [0.29, 0.717) is 11.3 Å². The molecule has 0 atom stereocenters. The normalized spacial score (nSPS) is 11.6. The SMILES string of the molecule is COCCCCCNCc1ccc(/C(N)=N/O)c(OC)c1. The third kappa shape index (κ3) is 6.01. The van der Waals surface area contributed by atoms with Crippen LogP contribution in [0.4, 0.5) is 0 Å². The van der Waals surface area contributed by atoms with Crippen molar-refractivity contribution >= 4 is 5.84 Å². The van der Waals surface area contributed by atoms with Gasteiger partial charge in [-0.25, -0.2) is 0 Å². The maximum atomic E-state index is 8.73. The molecule has 6 heteroatoms. The maximum Gasteiger partial charge on any atom is 0.173 e. The highest BCUT2D eigenvalue weighted by atomic mass is 16.5. The highest BCUT2D eigenvalue weighted by Gasteiger charge is 2.08. The first kappa shape index (κ1) is 17.3. The Hall–Kier alpha value is -1.79. The molecule has 6 nitrogen and oxygen atoms in total. The molecule has 1 aromatic rings. The van der Waals surface area contributed by atoms with Crippen molar-refractivity contribution in [2.75, 3.05) is 27.4 Å². The average Bonchev–Trinajstić information content (AvgIpc) is 2.53. The van der Waals surface area contributed by atoms with Crippen molar-refractivity contribution in [3.8, 4) is 5.75 Å². The standard InChI is InChI=1S/C15H25N3O3/c1-20-9-5-3-4-8-17-11-12-6-7-13(15(16)18-19)14(10-12)21-2/h6-7,10,17,19H,3-5,8-9,11H2,1-2H3,(H2,16,18). The van der Waals surface area contributed by atoms with E-state index in [2.05, 4.69) is 10.5 Å². The van der Waals surface area contributed by atoms with Gasteiger partial charge < -0.3 is 25.7 Å². The zero-order valence-corrected chi connectivity index (χ0v) is 12.8. The van der Waals surface area contributed by atoms with Gasteiger partial charge in [-0.1, -0.05) is 11.2 Å². The monoisotopic (exact) mass is 295 g/mol. The second-order valence-electron chi connectivity index (χ2n) is 4.75. The van der Waals surface area contributed by atoms with Gasteiger partial charge in [-0.3, -0.25) is 0 Å². The Morgan fingerprint density at radius 2 is 2.10 bits per heavy atom. The molecule has 0 unspecified atom stereocenters. The third-order valence-corrected chi connectivity index (χ3v) is 3.18. The molecule has 0 aliphatic heterocycles. The molecule has 0 amide bonds. The largest absolute Gasteiger partial charge is 0.496 e. The van der Waals surface area contributed by atoms with Gasteiger partial charge in [0.2, 0.25) is 0 Å². The van der Waals surface area contributed by atoms with Gasteiger partial charge in [-0.2, -0.15) is 0 Å². The summed E-state index contributed by atoms with van der Waals surface area (Å²) >= 11 is 0. The molecule has 0 saturated heterocycles. The fourth-order valence-corrected chi connectivity index (χ4v) is 2.02. The molecule has 0 aromatic heterocycles. The van der Waals surface area contributed by atoms with E-state index >= 15 is 0 Å². The Morgan fingerprint density at radius 3 is 2.76 bits per heavy atom. The van der Waals surface area contributed by atoms with Gasteiger partial charge >= 0.3 is 0 Å². The lowest BCUT2D eigenvalue weighted by atomic mass is 10.1. The van der Waals surface area contributed by atoms with Crippen LogP contribution in [-0.2, 0) is 11.3 Å². The van der Waals surface area contributed by atoms with Crippen molar-refractivity contribution in [3.63, 3.8) is 0 Å². The van der Waals surface area contributed by atoms with Crippen LogP contribution in [0.15, 0.2) is 23.4 Å². The summed E-state index contributed by atoms with van der Waals surface area (Å²) < 4.78 is 10.3. The van der Waals surface area contributed by atoms with E-state index in [1.165, 1.54) is 0 Å². The Balaban J connectivity index is 2.42. The third-order valence-electron chi connectivity index (χ3n) is 3.18. The quantitative estimate of drug-likeness (QED) is 0.201. The van der Waals surface area contributed by atoms with E-state index in [9.17, 15) is 0 Å². The van der Waals surface area contributed by atoms with Crippen LogP contribution in [0.5, 0.6) is 5.75 Å². The molecule has 118 valence electrons. The summed E-state index contributed by atoms with van der Waals surface area (Å²) in [5.74, 6) is 0.647. The van der Waals surface area contributed by atoms with Crippen molar-refractivity contribution in [2.24, 2.45) is 10.9 Å². The van der Waals surface area contributed by atoms with E-state index < -0.39 is 0 Å². The predicted octanol–water partition coefficient (Wildman–Crippen LogP) is 1.70. The smallest absolute Gasteiger partial charge is 0.173 e. The lowest BCUT2D eigenvalue weighted by Gasteiger charge is -2.10. The van der Waals surface area contributed by atoms with E-state index in [4.69, 9.17) is 20.4 Å². The van der Waals surface area contributed by atoms with Crippen molar-refractivity contribution in [1.82, 2.24) is 5.32 Å². The minimum absolute atomic E-state index is 0.0458. The number of ether oxygens (including phenoxy) is 2. The molecule has 4 N–H and O–H groups in total. The lowest BCUT2D eigenvalue weighted by molar-refractivity contribution is 0.192. The van der Waals surface area contributed by atoms with E-state index in [1.807, 2.05) is 12.1 Å². The van der Waals surface area contributed by atoms with E-state index in [1.54, 1.807) is 20.3 Å². The zero-order valence-electron chi connectivity index (χ0n) is 12.8. The Kier molecular flexibility index (Phi) is 8.23. The number of rotatable bonds is 10. The summed E-state index contributed by atoms with van der Waals surface area (Å²) in [4.78, 5) is 0. The van der Waals surface area contributed by atoms with Gasteiger partial charge in [-0.05, 0) is 43.5 Å². The Labute approximate surface area is 125 Å². The number of nitrogens with two attached hydrogens (primary N) is 1. The second-order valence-corrected chi connectivity index (χ2v) is 4.75. The first-order chi connectivity index (χ1) is 10.2. The average molecular weight is 295 g/mol.